The minimum Gasteiger partial charge on any atom is -0.365 e. The summed E-state index contributed by atoms with van der Waals surface area (Å²) in [5.74, 6) is -0.539. The van der Waals surface area contributed by atoms with E-state index in [9.17, 15) is 9.28 Å². The van der Waals surface area contributed by atoms with E-state index in [1.807, 2.05) is 6.07 Å². The number of hydrogen-bond acceptors (Lipinski definition) is 3. The summed E-state index contributed by atoms with van der Waals surface area (Å²) in [5, 5.41) is 2.37. The molecular formula is C18H21FN4O. The molecule has 5 nitrogen and oxygen atoms in total. The molecule has 0 aliphatic rings. The number of aromatic nitrogens is 2. The van der Waals surface area contributed by atoms with Crippen LogP contribution in [0.3, 0.4) is 0 Å². The number of amides is 1. The van der Waals surface area contributed by atoms with Crippen molar-refractivity contribution in [1.29, 1.82) is 0 Å². The Morgan fingerprint density at radius 1 is 1.25 bits per heavy atom. The van der Waals surface area contributed by atoms with Crippen LogP contribution in [-0.4, -0.2) is 22.4 Å². The van der Waals surface area contributed by atoms with Crippen LogP contribution in [0.2, 0.25) is 0 Å². The van der Waals surface area contributed by atoms with Crippen LogP contribution in [0.15, 0.2) is 30.6 Å². The summed E-state index contributed by atoms with van der Waals surface area (Å²) >= 11 is 0. The first-order chi connectivity index (χ1) is 11.6. The topological polar surface area (TPSA) is 75.0 Å². The average Bonchev–Trinajstić information content (AvgIpc) is 2.96. The Labute approximate surface area is 139 Å². The molecule has 0 aliphatic heterocycles. The predicted octanol–water partition coefficient (Wildman–Crippen LogP) is 4.09. The Morgan fingerprint density at radius 3 is 2.83 bits per heavy atom. The molecule has 24 heavy (non-hydrogen) atoms. The SMILES string of the molecule is CCCCCCN(F)c1ccc2[nH]c3c(C(N)=O)cncc3c2c1. The molecule has 3 aromatic rings. The van der Waals surface area contributed by atoms with Crippen LogP contribution >= 0.6 is 0 Å². The first-order valence-corrected chi connectivity index (χ1v) is 8.24. The number of benzene rings is 1. The van der Waals surface area contributed by atoms with E-state index >= 15 is 0 Å². The lowest BCUT2D eigenvalue weighted by molar-refractivity contribution is 0.100. The van der Waals surface area contributed by atoms with Gasteiger partial charge in [0.15, 0.2) is 0 Å². The number of anilines is 1. The van der Waals surface area contributed by atoms with Crippen molar-refractivity contribution in [1.82, 2.24) is 9.97 Å². The Balaban J connectivity index is 1.94. The Hall–Kier alpha value is -2.63. The molecule has 0 unspecified atom stereocenters. The maximum Gasteiger partial charge on any atom is 0.252 e. The fourth-order valence-electron chi connectivity index (χ4n) is 2.94. The maximum atomic E-state index is 14.3. The number of carbonyl (C=O) groups is 1. The number of unbranched alkanes of at least 4 members (excludes halogenated alkanes) is 3. The fourth-order valence-corrected chi connectivity index (χ4v) is 2.94. The number of rotatable bonds is 7. The lowest BCUT2D eigenvalue weighted by Gasteiger charge is -2.13. The number of hydrogen-bond donors (Lipinski definition) is 2. The standard InChI is InChI=1S/C18H21FN4O/c1-2-3-4-5-8-23(19)12-6-7-16-13(9-12)14-10-21-11-15(18(20)24)17(14)22-16/h6-7,9-11,22H,2-5,8H2,1H3,(H2,20,24). The maximum absolute atomic E-state index is 14.3. The number of primary amides is 1. The van der Waals surface area contributed by atoms with Crippen molar-refractivity contribution in [2.75, 3.05) is 11.7 Å². The number of nitrogens with zero attached hydrogens (tertiary/aromatic N) is 2. The van der Waals surface area contributed by atoms with Crippen LogP contribution in [0, 0.1) is 0 Å². The van der Waals surface area contributed by atoms with E-state index in [2.05, 4.69) is 16.9 Å². The molecule has 0 spiro atoms. The molecule has 2 heterocycles. The van der Waals surface area contributed by atoms with E-state index in [-0.39, 0.29) is 0 Å². The monoisotopic (exact) mass is 328 g/mol. The molecule has 0 saturated carbocycles. The first-order valence-electron chi connectivity index (χ1n) is 8.24. The van der Waals surface area contributed by atoms with Gasteiger partial charge in [-0.1, -0.05) is 30.7 Å². The molecule has 6 heteroatoms. The third-order valence-corrected chi connectivity index (χ3v) is 4.25. The summed E-state index contributed by atoms with van der Waals surface area (Å²) < 4.78 is 14.3. The van der Waals surface area contributed by atoms with Crippen molar-refractivity contribution in [2.45, 2.75) is 32.6 Å². The summed E-state index contributed by atoms with van der Waals surface area (Å²) in [7, 11) is 0. The Morgan fingerprint density at radius 2 is 2.08 bits per heavy atom. The molecule has 2 aromatic heterocycles. The smallest absolute Gasteiger partial charge is 0.252 e. The Bertz CT molecular complexity index is 874. The van der Waals surface area contributed by atoms with Gasteiger partial charge in [-0.05, 0) is 24.6 Å². The van der Waals surface area contributed by atoms with Crippen LogP contribution in [0.25, 0.3) is 21.8 Å². The second-order valence-electron chi connectivity index (χ2n) is 5.98. The number of aromatic amines is 1. The van der Waals surface area contributed by atoms with E-state index in [1.165, 1.54) is 6.20 Å². The summed E-state index contributed by atoms with van der Waals surface area (Å²) in [5.41, 5.74) is 7.69. The third-order valence-electron chi connectivity index (χ3n) is 4.25. The number of carbonyl (C=O) groups excluding carboxylic acids is 1. The Kier molecular flexibility index (Phi) is 4.64. The normalized spacial score (nSPS) is 11.2. The van der Waals surface area contributed by atoms with Crippen LogP contribution in [0.4, 0.5) is 10.2 Å². The number of nitrogens with one attached hydrogen (secondary N) is 1. The molecule has 0 radical (unpaired) electrons. The number of H-pyrrole nitrogens is 1. The minimum absolute atomic E-state index is 0.335. The zero-order valence-electron chi connectivity index (χ0n) is 13.7. The van der Waals surface area contributed by atoms with Gasteiger partial charge in [-0.15, -0.1) is 0 Å². The summed E-state index contributed by atoms with van der Waals surface area (Å²) in [6, 6.07) is 5.32. The second kappa shape index (κ2) is 6.86. The minimum atomic E-state index is -0.539. The molecule has 3 N–H and O–H groups in total. The molecule has 3 rings (SSSR count). The van der Waals surface area contributed by atoms with Crippen molar-refractivity contribution in [2.24, 2.45) is 5.73 Å². The lowest BCUT2D eigenvalue weighted by atomic mass is 10.1. The quantitative estimate of drug-likeness (QED) is 0.507. The van der Waals surface area contributed by atoms with Crippen molar-refractivity contribution >= 4 is 33.4 Å². The van der Waals surface area contributed by atoms with Gasteiger partial charge in [0.05, 0.1) is 23.3 Å². The van der Waals surface area contributed by atoms with Gasteiger partial charge < -0.3 is 10.7 Å². The molecule has 0 fully saturated rings. The van der Waals surface area contributed by atoms with Gasteiger partial charge in [0.1, 0.15) is 0 Å². The first kappa shape index (κ1) is 16.2. The highest BCUT2D eigenvalue weighted by Crippen LogP contribution is 2.30. The highest BCUT2D eigenvalue weighted by Gasteiger charge is 2.14. The average molecular weight is 328 g/mol. The molecule has 0 saturated heterocycles. The van der Waals surface area contributed by atoms with Crippen molar-refractivity contribution in [3.05, 3.63) is 36.2 Å². The number of pyridine rings is 1. The molecule has 0 aliphatic carbocycles. The van der Waals surface area contributed by atoms with Crippen molar-refractivity contribution in [3.8, 4) is 0 Å². The van der Waals surface area contributed by atoms with E-state index in [1.54, 1.807) is 18.3 Å². The van der Waals surface area contributed by atoms with Gasteiger partial charge in [-0.25, -0.2) is 5.12 Å². The van der Waals surface area contributed by atoms with Crippen molar-refractivity contribution < 1.29 is 9.28 Å². The largest absolute Gasteiger partial charge is 0.365 e. The zero-order chi connectivity index (χ0) is 17.1. The highest BCUT2D eigenvalue weighted by atomic mass is 19.2. The van der Waals surface area contributed by atoms with E-state index in [0.29, 0.717) is 23.3 Å². The fraction of sp³-hybridized carbons (Fsp3) is 0.333. The number of fused-ring (bicyclic) bond motifs is 3. The predicted molar refractivity (Wildman–Crippen MR) is 94.7 cm³/mol. The van der Waals surface area contributed by atoms with Gasteiger partial charge in [0.25, 0.3) is 5.91 Å². The lowest BCUT2D eigenvalue weighted by Crippen LogP contribution is -2.13. The van der Waals surface area contributed by atoms with Gasteiger partial charge in [-0.2, -0.15) is 0 Å². The van der Waals surface area contributed by atoms with E-state index in [4.69, 9.17) is 5.73 Å². The molecule has 1 aromatic carbocycles. The third kappa shape index (κ3) is 3.04. The van der Waals surface area contributed by atoms with E-state index in [0.717, 1.165) is 47.1 Å². The molecule has 0 bridgehead atoms. The van der Waals surface area contributed by atoms with E-state index < -0.39 is 5.91 Å². The van der Waals surface area contributed by atoms with Crippen molar-refractivity contribution in [3.63, 3.8) is 0 Å². The number of halogens is 1. The molecular weight excluding hydrogens is 307 g/mol. The second-order valence-corrected chi connectivity index (χ2v) is 5.98. The van der Waals surface area contributed by atoms with Crippen LogP contribution in [0.1, 0.15) is 43.0 Å². The molecule has 0 atom stereocenters. The van der Waals surface area contributed by atoms with Gasteiger partial charge >= 0.3 is 0 Å². The summed E-state index contributed by atoms with van der Waals surface area (Å²) in [6.45, 7) is 2.51. The number of nitrogens with two attached hydrogens (primary N) is 1. The molecule has 1 amide bonds. The summed E-state index contributed by atoms with van der Waals surface area (Å²) in [4.78, 5) is 18.8. The molecule has 126 valence electrons. The highest BCUT2D eigenvalue weighted by molar-refractivity contribution is 6.14. The van der Waals surface area contributed by atoms with Crippen LogP contribution in [-0.2, 0) is 0 Å². The zero-order valence-corrected chi connectivity index (χ0v) is 13.7. The van der Waals surface area contributed by atoms with Gasteiger partial charge in [0.2, 0.25) is 0 Å². The van der Waals surface area contributed by atoms with Crippen LogP contribution in [0.5, 0.6) is 0 Å². The van der Waals surface area contributed by atoms with Gasteiger partial charge in [-0.3, -0.25) is 9.78 Å². The van der Waals surface area contributed by atoms with Gasteiger partial charge in [0, 0.05) is 28.7 Å². The van der Waals surface area contributed by atoms with Crippen LogP contribution < -0.4 is 10.9 Å². The summed E-state index contributed by atoms with van der Waals surface area (Å²) in [6.07, 6.45) is 7.20.